The number of rotatable bonds is 9. The molecule has 204 valence electrons. The van der Waals surface area contributed by atoms with Crippen LogP contribution >= 0.6 is 0 Å². The highest BCUT2D eigenvalue weighted by atomic mass is 19.1. The second-order valence-electron chi connectivity index (χ2n) is 8.46. The van der Waals surface area contributed by atoms with Crippen LogP contribution in [0.25, 0.3) is 0 Å². The van der Waals surface area contributed by atoms with Crippen LogP contribution < -0.4 is 14.2 Å². The Morgan fingerprint density at radius 1 is 0.784 bits per heavy atom. The van der Waals surface area contributed by atoms with Gasteiger partial charge in [-0.1, -0.05) is 0 Å². The molecule has 0 spiro atoms. The summed E-state index contributed by atoms with van der Waals surface area (Å²) >= 11 is 0. The van der Waals surface area contributed by atoms with E-state index in [0.29, 0.717) is 0 Å². The van der Waals surface area contributed by atoms with Crippen molar-refractivity contribution in [1.82, 2.24) is 0 Å². The third-order valence-corrected chi connectivity index (χ3v) is 4.36. The normalized spacial score (nSPS) is 10.9. The van der Waals surface area contributed by atoms with Crippen molar-refractivity contribution in [2.75, 3.05) is 13.2 Å². The van der Waals surface area contributed by atoms with Gasteiger partial charge >= 0.3 is 17.9 Å². The first kappa shape index (κ1) is 31.1. The number of phenolic OH excluding ortho intramolecular Hbond substituents is 1. The summed E-state index contributed by atoms with van der Waals surface area (Å²) in [5, 5.41) is 9.01. The Hall–Kier alpha value is -3.89. The average Bonchev–Trinajstić information content (AvgIpc) is 2.78. The molecule has 0 amide bonds. The first-order valence-electron chi connectivity index (χ1n) is 11.3. The molecular weight excluding hydrogens is 494 g/mol. The molecule has 0 radical (unpaired) electrons. The third-order valence-electron chi connectivity index (χ3n) is 4.36. The number of phenols is 1. The van der Waals surface area contributed by atoms with Crippen molar-refractivity contribution >= 4 is 17.9 Å². The highest BCUT2D eigenvalue weighted by molar-refractivity contribution is 5.79. The van der Waals surface area contributed by atoms with Gasteiger partial charge in [-0.25, -0.2) is 18.4 Å². The van der Waals surface area contributed by atoms with Crippen LogP contribution in [0.3, 0.4) is 0 Å². The van der Waals surface area contributed by atoms with Crippen molar-refractivity contribution in [3.63, 3.8) is 0 Å². The van der Waals surface area contributed by atoms with Crippen molar-refractivity contribution in [2.45, 2.75) is 59.7 Å². The molecule has 2 aromatic rings. The Morgan fingerprint density at radius 3 is 1.59 bits per heavy atom. The zero-order valence-corrected chi connectivity index (χ0v) is 21.8. The van der Waals surface area contributed by atoms with E-state index in [4.69, 9.17) is 24.1 Å². The summed E-state index contributed by atoms with van der Waals surface area (Å²) in [6.45, 7) is 11.1. The summed E-state index contributed by atoms with van der Waals surface area (Å²) in [7, 11) is 0. The van der Waals surface area contributed by atoms with E-state index in [0.717, 1.165) is 18.2 Å². The summed E-state index contributed by atoms with van der Waals surface area (Å²) in [6.07, 6.45) is 0. The fourth-order valence-electron chi connectivity index (χ4n) is 2.62. The zero-order valence-electron chi connectivity index (χ0n) is 21.8. The van der Waals surface area contributed by atoms with Gasteiger partial charge in [-0.3, -0.25) is 4.79 Å². The fourth-order valence-corrected chi connectivity index (χ4v) is 2.62. The van der Waals surface area contributed by atoms with Crippen LogP contribution in [-0.4, -0.2) is 47.4 Å². The van der Waals surface area contributed by atoms with Gasteiger partial charge in [-0.2, -0.15) is 0 Å². The average molecular weight is 527 g/mol. The number of halogens is 2. The molecule has 0 fully saturated rings. The predicted octanol–water partition coefficient (Wildman–Crippen LogP) is 4.72. The van der Waals surface area contributed by atoms with Crippen molar-refractivity contribution in [1.29, 1.82) is 0 Å². The molecule has 0 aliphatic carbocycles. The van der Waals surface area contributed by atoms with Gasteiger partial charge in [-0.05, 0) is 65.8 Å². The van der Waals surface area contributed by atoms with E-state index in [9.17, 15) is 23.2 Å². The lowest BCUT2D eigenvalue weighted by atomic mass is 10.1. The highest BCUT2D eigenvalue weighted by Crippen LogP contribution is 2.27. The van der Waals surface area contributed by atoms with Gasteiger partial charge in [0.2, 0.25) is 0 Å². The fraction of sp³-hybridized carbons (Fsp3) is 0.423. The van der Waals surface area contributed by atoms with E-state index < -0.39 is 46.5 Å². The summed E-state index contributed by atoms with van der Waals surface area (Å²) in [5.74, 6) is -3.64. The second kappa shape index (κ2) is 13.4. The maximum Gasteiger partial charge on any atom is 0.349 e. The lowest BCUT2D eigenvalue weighted by Crippen LogP contribution is -2.39. The molecule has 0 heterocycles. The molecule has 0 aliphatic heterocycles. The molecule has 0 aliphatic rings. The Kier molecular flexibility index (Phi) is 11.3. The van der Waals surface area contributed by atoms with E-state index in [1.165, 1.54) is 52.8 Å². The number of carbonyl (C=O) groups is 3. The minimum absolute atomic E-state index is 0.136. The smallest absolute Gasteiger partial charge is 0.349 e. The Labute approximate surface area is 214 Å². The topological polar surface area (TPSA) is 118 Å². The minimum Gasteiger partial charge on any atom is -0.505 e. The molecule has 0 saturated heterocycles. The summed E-state index contributed by atoms with van der Waals surface area (Å²) < 4.78 is 51.8. The Morgan fingerprint density at radius 2 is 1.22 bits per heavy atom. The van der Waals surface area contributed by atoms with E-state index in [-0.39, 0.29) is 30.5 Å². The number of ether oxygens (including phenoxy) is 5. The first-order chi connectivity index (χ1) is 17.1. The molecule has 9 nitrogen and oxygen atoms in total. The lowest BCUT2D eigenvalue weighted by Gasteiger charge is -2.24. The minimum atomic E-state index is -1.24. The number of carbonyl (C=O) groups excluding carboxylic acids is 3. The van der Waals surface area contributed by atoms with Crippen molar-refractivity contribution < 1.29 is 52.0 Å². The monoisotopic (exact) mass is 526 g/mol. The van der Waals surface area contributed by atoms with Crippen LogP contribution in [0.4, 0.5) is 8.78 Å². The molecule has 11 heteroatoms. The predicted molar refractivity (Wildman–Crippen MR) is 128 cm³/mol. The maximum absolute atomic E-state index is 13.7. The standard InChI is InChI=1S/C14H17FO5.C12H15FO4/c1-5-18-13(17)14(3,4)20-10-6-7-12(11(15)8-10)19-9(2)16;1-4-16-11(15)12(2,3)17-8-5-6-10(14)9(13)7-8/h6-8H,5H2,1-4H3;5-7,14H,4H2,1-3H3. The van der Waals surface area contributed by atoms with Crippen LogP contribution in [0.15, 0.2) is 36.4 Å². The van der Waals surface area contributed by atoms with E-state index in [1.807, 2.05) is 0 Å². The van der Waals surface area contributed by atoms with Gasteiger partial charge in [0.15, 0.2) is 34.3 Å². The SMILES string of the molecule is CCOC(=O)C(C)(C)Oc1ccc(O)c(F)c1.CCOC(=O)C(C)(C)Oc1ccc(OC(C)=O)c(F)c1. The van der Waals surface area contributed by atoms with Crippen LogP contribution in [0.2, 0.25) is 0 Å². The number of hydrogen-bond donors (Lipinski definition) is 1. The third kappa shape index (κ3) is 9.94. The number of benzene rings is 2. The number of aromatic hydroxyl groups is 1. The lowest BCUT2D eigenvalue weighted by molar-refractivity contribution is -0.159. The molecule has 0 unspecified atom stereocenters. The largest absolute Gasteiger partial charge is 0.505 e. The van der Waals surface area contributed by atoms with Crippen LogP contribution in [-0.2, 0) is 23.9 Å². The molecular formula is C26H32F2O9. The van der Waals surface area contributed by atoms with Gasteiger partial charge in [0.05, 0.1) is 13.2 Å². The van der Waals surface area contributed by atoms with Crippen molar-refractivity contribution in [2.24, 2.45) is 0 Å². The molecule has 2 aromatic carbocycles. The van der Waals surface area contributed by atoms with Crippen LogP contribution in [0.1, 0.15) is 48.5 Å². The quantitative estimate of drug-likeness (QED) is 0.366. The molecule has 0 aromatic heterocycles. The van der Waals surface area contributed by atoms with E-state index in [2.05, 4.69) is 4.74 Å². The van der Waals surface area contributed by atoms with Gasteiger partial charge in [-0.15, -0.1) is 0 Å². The molecule has 2 rings (SSSR count). The van der Waals surface area contributed by atoms with Gasteiger partial charge in [0.25, 0.3) is 0 Å². The molecule has 0 bridgehead atoms. The number of esters is 3. The van der Waals surface area contributed by atoms with Gasteiger partial charge in [0.1, 0.15) is 11.5 Å². The molecule has 1 N–H and O–H groups in total. The molecule has 37 heavy (non-hydrogen) atoms. The van der Waals surface area contributed by atoms with E-state index >= 15 is 0 Å². The summed E-state index contributed by atoms with van der Waals surface area (Å²) in [5.41, 5.74) is -2.45. The molecule has 0 atom stereocenters. The van der Waals surface area contributed by atoms with Crippen molar-refractivity contribution in [3.05, 3.63) is 48.0 Å². The summed E-state index contributed by atoms with van der Waals surface area (Å²) in [6, 6.07) is 7.25. The zero-order chi connectivity index (χ0) is 28.4. The maximum atomic E-state index is 13.7. The second-order valence-corrected chi connectivity index (χ2v) is 8.46. The molecule has 0 saturated carbocycles. The van der Waals surface area contributed by atoms with Gasteiger partial charge < -0.3 is 28.8 Å². The van der Waals surface area contributed by atoms with Crippen LogP contribution in [0, 0.1) is 11.6 Å². The van der Waals surface area contributed by atoms with E-state index in [1.54, 1.807) is 13.8 Å². The highest BCUT2D eigenvalue weighted by Gasteiger charge is 2.32. The van der Waals surface area contributed by atoms with Crippen LogP contribution in [0.5, 0.6) is 23.0 Å². The Bertz CT molecular complexity index is 1100. The first-order valence-corrected chi connectivity index (χ1v) is 11.3. The Balaban J connectivity index is 0.000000375. The van der Waals surface area contributed by atoms with Gasteiger partial charge in [0, 0.05) is 19.1 Å². The summed E-state index contributed by atoms with van der Waals surface area (Å²) in [4.78, 5) is 33.9. The van der Waals surface area contributed by atoms with Crippen molar-refractivity contribution in [3.8, 4) is 23.0 Å². The number of hydrogen-bond acceptors (Lipinski definition) is 9.